The second-order valence-corrected chi connectivity index (χ2v) is 4.79. The standard InChI is InChI=1S/C12H16O4/c1-12(7-6-10(13)16-12)9-4-2-8(3-5-9)11(14)15/h2,9H,3-7H2,1H3,(H,14,15)/t9-,12-/m1/s1. The monoisotopic (exact) mass is 224 g/mol. The molecular weight excluding hydrogens is 208 g/mol. The number of rotatable bonds is 2. The van der Waals surface area contributed by atoms with Gasteiger partial charge in [-0.15, -0.1) is 0 Å². The molecule has 0 spiro atoms. The zero-order valence-electron chi connectivity index (χ0n) is 9.36. The van der Waals surface area contributed by atoms with Gasteiger partial charge in [0.05, 0.1) is 0 Å². The molecule has 2 rings (SSSR count). The minimum absolute atomic E-state index is 0.129. The van der Waals surface area contributed by atoms with Crippen LogP contribution in [0.2, 0.25) is 0 Å². The van der Waals surface area contributed by atoms with Crippen molar-refractivity contribution < 1.29 is 19.4 Å². The molecule has 88 valence electrons. The number of ether oxygens (including phenoxy) is 1. The molecule has 0 amide bonds. The average Bonchev–Trinajstić information content (AvgIpc) is 2.60. The van der Waals surface area contributed by atoms with Crippen LogP contribution in [0.5, 0.6) is 0 Å². The number of carboxylic acids is 1. The van der Waals surface area contributed by atoms with Crippen molar-refractivity contribution in [2.75, 3.05) is 0 Å². The van der Waals surface area contributed by atoms with E-state index in [-0.39, 0.29) is 17.5 Å². The highest BCUT2D eigenvalue weighted by atomic mass is 16.6. The first-order valence-electron chi connectivity index (χ1n) is 5.65. The number of cyclic esters (lactones) is 1. The molecule has 0 radical (unpaired) electrons. The summed E-state index contributed by atoms with van der Waals surface area (Å²) in [6.45, 7) is 1.96. The van der Waals surface area contributed by atoms with Crippen molar-refractivity contribution in [1.82, 2.24) is 0 Å². The Morgan fingerprint density at radius 3 is 2.75 bits per heavy atom. The largest absolute Gasteiger partial charge is 0.478 e. The predicted octanol–water partition coefficient (Wildman–Crippen LogP) is 1.89. The quantitative estimate of drug-likeness (QED) is 0.727. The van der Waals surface area contributed by atoms with Gasteiger partial charge < -0.3 is 9.84 Å². The van der Waals surface area contributed by atoms with Crippen molar-refractivity contribution in [3.05, 3.63) is 11.6 Å². The van der Waals surface area contributed by atoms with Crippen LogP contribution in [0, 0.1) is 5.92 Å². The summed E-state index contributed by atoms with van der Waals surface area (Å²) >= 11 is 0. The highest BCUT2D eigenvalue weighted by Gasteiger charge is 2.43. The Morgan fingerprint density at radius 2 is 2.31 bits per heavy atom. The first-order chi connectivity index (χ1) is 7.51. The van der Waals surface area contributed by atoms with Crippen molar-refractivity contribution in [1.29, 1.82) is 0 Å². The number of hydrogen-bond donors (Lipinski definition) is 1. The van der Waals surface area contributed by atoms with E-state index in [2.05, 4.69) is 0 Å². The Balaban J connectivity index is 2.04. The molecule has 4 heteroatoms. The average molecular weight is 224 g/mol. The number of allylic oxidation sites excluding steroid dienone is 1. The lowest BCUT2D eigenvalue weighted by atomic mass is 9.77. The maximum Gasteiger partial charge on any atom is 0.331 e. The highest BCUT2D eigenvalue weighted by molar-refractivity contribution is 5.86. The summed E-state index contributed by atoms with van der Waals surface area (Å²) in [7, 11) is 0. The smallest absolute Gasteiger partial charge is 0.331 e. The number of carbonyl (C=O) groups is 2. The fourth-order valence-corrected chi connectivity index (χ4v) is 2.58. The molecule has 2 aliphatic rings. The molecule has 1 saturated heterocycles. The summed E-state index contributed by atoms with van der Waals surface area (Å²) in [4.78, 5) is 21.9. The SMILES string of the molecule is C[C@]1([C@@H]2CC=C(C(=O)O)CC2)CCC(=O)O1. The molecule has 0 aromatic rings. The van der Waals surface area contributed by atoms with Gasteiger partial charge in [-0.05, 0) is 32.6 Å². The van der Waals surface area contributed by atoms with E-state index in [1.807, 2.05) is 6.92 Å². The molecule has 0 saturated carbocycles. The maximum atomic E-state index is 11.1. The van der Waals surface area contributed by atoms with Crippen molar-refractivity contribution in [2.45, 2.75) is 44.6 Å². The molecule has 1 fully saturated rings. The van der Waals surface area contributed by atoms with Gasteiger partial charge in [-0.25, -0.2) is 4.79 Å². The van der Waals surface area contributed by atoms with Gasteiger partial charge in [0.1, 0.15) is 5.60 Å². The van der Waals surface area contributed by atoms with Gasteiger partial charge in [0.15, 0.2) is 0 Å². The van der Waals surface area contributed by atoms with Crippen LogP contribution in [0.25, 0.3) is 0 Å². The van der Waals surface area contributed by atoms with E-state index in [1.54, 1.807) is 6.08 Å². The third kappa shape index (κ3) is 1.96. The zero-order chi connectivity index (χ0) is 11.8. The zero-order valence-corrected chi connectivity index (χ0v) is 9.36. The number of hydrogen-bond acceptors (Lipinski definition) is 3. The van der Waals surface area contributed by atoms with Crippen molar-refractivity contribution in [3.8, 4) is 0 Å². The lowest BCUT2D eigenvalue weighted by molar-refractivity contribution is -0.151. The normalized spacial score (nSPS) is 34.4. The van der Waals surface area contributed by atoms with Gasteiger partial charge >= 0.3 is 11.9 Å². The van der Waals surface area contributed by atoms with Crippen molar-refractivity contribution >= 4 is 11.9 Å². The summed E-state index contributed by atoms with van der Waals surface area (Å²) in [5, 5.41) is 8.84. The molecular formula is C12H16O4. The first-order valence-corrected chi connectivity index (χ1v) is 5.65. The third-order valence-corrected chi connectivity index (χ3v) is 3.72. The highest BCUT2D eigenvalue weighted by Crippen LogP contribution is 2.40. The molecule has 1 N–H and O–H groups in total. The minimum atomic E-state index is -0.827. The van der Waals surface area contributed by atoms with E-state index in [0.717, 1.165) is 12.8 Å². The summed E-state index contributed by atoms with van der Waals surface area (Å²) < 4.78 is 5.37. The second-order valence-electron chi connectivity index (χ2n) is 4.79. The number of carbonyl (C=O) groups excluding carboxylic acids is 1. The Morgan fingerprint density at radius 1 is 1.56 bits per heavy atom. The van der Waals surface area contributed by atoms with Crippen LogP contribution in [0.1, 0.15) is 39.0 Å². The number of carboxylic acid groups (broad SMARTS) is 1. The molecule has 2 atom stereocenters. The van der Waals surface area contributed by atoms with Gasteiger partial charge in [-0.2, -0.15) is 0 Å². The number of aliphatic carboxylic acids is 1. The number of esters is 1. The van der Waals surface area contributed by atoms with Crippen molar-refractivity contribution in [2.24, 2.45) is 5.92 Å². The second kappa shape index (κ2) is 3.92. The van der Waals surface area contributed by atoms with Gasteiger partial charge in [0.25, 0.3) is 0 Å². The van der Waals surface area contributed by atoms with Gasteiger partial charge in [-0.1, -0.05) is 6.08 Å². The van der Waals surface area contributed by atoms with Crippen LogP contribution in [0.4, 0.5) is 0 Å². The van der Waals surface area contributed by atoms with Crippen LogP contribution < -0.4 is 0 Å². The molecule has 0 bridgehead atoms. The minimum Gasteiger partial charge on any atom is -0.478 e. The maximum absolute atomic E-state index is 11.1. The van der Waals surface area contributed by atoms with Gasteiger partial charge in [-0.3, -0.25) is 4.79 Å². The summed E-state index contributed by atoms with van der Waals surface area (Å²) in [6.07, 6.45) is 5.09. The van der Waals surface area contributed by atoms with Crippen molar-refractivity contribution in [3.63, 3.8) is 0 Å². The van der Waals surface area contributed by atoms with Crippen LogP contribution in [0.3, 0.4) is 0 Å². The topological polar surface area (TPSA) is 63.6 Å². The van der Waals surface area contributed by atoms with Crippen LogP contribution in [-0.2, 0) is 14.3 Å². The lowest BCUT2D eigenvalue weighted by Gasteiger charge is -2.34. The Hall–Kier alpha value is -1.32. The third-order valence-electron chi connectivity index (χ3n) is 3.72. The Bertz CT molecular complexity index is 358. The predicted molar refractivity (Wildman–Crippen MR) is 56.8 cm³/mol. The van der Waals surface area contributed by atoms with E-state index >= 15 is 0 Å². The molecule has 0 aromatic carbocycles. The molecule has 4 nitrogen and oxygen atoms in total. The molecule has 1 heterocycles. The fourth-order valence-electron chi connectivity index (χ4n) is 2.58. The van der Waals surface area contributed by atoms with Crippen LogP contribution in [0.15, 0.2) is 11.6 Å². The molecule has 16 heavy (non-hydrogen) atoms. The molecule has 1 aliphatic heterocycles. The van der Waals surface area contributed by atoms with Gasteiger partial charge in [0, 0.05) is 17.9 Å². The van der Waals surface area contributed by atoms with E-state index in [1.165, 1.54) is 0 Å². The first kappa shape index (κ1) is 11.2. The summed E-state index contributed by atoms with van der Waals surface area (Å²) in [6, 6.07) is 0. The van der Waals surface area contributed by atoms with Crippen LogP contribution in [-0.4, -0.2) is 22.6 Å². The Kier molecular flexibility index (Phi) is 2.74. The van der Waals surface area contributed by atoms with E-state index < -0.39 is 5.97 Å². The van der Waals surface area contributed by atoms with Crippen LogP contribution >= 0.6 is 0 Å². The van der Waals surface area contributed by atoms with E-state index in [0.29, 0.717) is 24.8 Å². The molecule has 0 unspecified atom stereocenters. The fraction of sp³-hybridized carbons (Fsp3) is 0.667. The molecule has 1 aliphatic carbocycles. The Labute approximate surface area is 94.3 Å². The lowest BCUT2D eigenvalue weighted by Crippen LogP contribution is -2.35. The van der Waals surface area contributed by atoms with E-state index in [9.17, 15) is 9.59 Å². The summed E-state index contributed by atoms with van der Waals surface area (Å²) in [5.41, 5.74) is 0.113. The van der Waals surface area contributed by atoms with Gasteiger partial charge in [0.2, 0.25) is 0 Å². The van der Waals surface area contributed by atoms with E-state index in [4.69, 9.17) is 9.84 Å². The molecule has 0 aromatic heterocycles. The summed E-state index contributed by atoms with van der Waals surface area (Å²) in [5.74, 6) is -0.690.